The zero-order valence-electron chi connectivity index (χ0n) is 14.3. The molecular formula is C22H22S2. The second-order valence-corrected chi connectivity index (χ2v) is 9.06. The van der Waals surface area contributed by atoms with Crippen LogP contribution in [0.5, 0.6) is 0 Å². The van der Waals surface area contributed by atoms with Gasteiger partial charge >= 0.3 is 0 Å². The summed E-state index contributed by atoms with van der Waals surface area (Å²) in [7, 11) is 0. The smallest absolute Gasteiger partial charge is 0.0123 e. The zero-order chi connectivity index (χ0) is 17.0. The summed E-state index contributed by atoms with van der Waals surface area (Å²) in [6, 6.07) is 28.2. The van der Waals surface area contributed by atoms with Gasteiger partial charge in [0.2, 0.25) is 0 Å². The summed E-state index contributed by atoms with van der Waals surface area (Å²) in [5, 5.41) is 0. The van der Waals surface area contributed by atoms with Gasteiger partial charge in [-0.1, -0.05) is 74.6 Å². The normalized spacial score (nSPS) is 11.5. The van der Waals surface area contributed by atoms with Crippen molar-refractivity contribution < 1.29 is 0 Å². The van der Waals surface area contributed by atoms with Crippen molar-refractivity contribution in [1.29, 1.82) is 0 Å². The first-order chi connectivity index (χ1) is 11.5. The van der Waals surface area contributed by atoms with Crippen LogP contribution in [0, 0.1) is 0 Å². The number of hydrogen-bond donors (Lipinski definition) is 0. The van der Waals surface area contributed by atoms with E-state index in [1.807, 2.05) is 11.8 Å². The van der Waals surface area contributed by atoms with Gasteiger partial charge in [-0.3, -0.25) is 0 Å². The molecule has 0 saturated carbocycles. The van der Waals surface area contributed by atoms with E-state index in [9.17, 15) is 0 Å². The van der Waals surface area contributed by atoms with E-state index in [0.29, 0.717) is 0 Å². The summed E-state index contributed by atoms with van der Waals surface area (Å²) >= 11 is 3.61. The lowest BCUT2D eigenvalue weighted by Gasteiger charge is -2.19. The minimum Gasteiger partial charge on any atom is -0.0901 e. The van der Waals surface area contributed by atoms with Crippen LogP contribution in [0.3, 0.4) is 0 Å². The average Bonchev–Trinajstić information content (AvgIpc) is 2.57. The Labute approximate surface area is 153 Å². The van der Waals surface area contributed by atoms with Crippen molar-refractivity contribution in [3.8, 4) is 0 Å². The van der Waals surface area contributed by atoms with Crippen LogP contribution in [0.1, 0.15) is 26.3 Å². The van der Waals surface area contributed by atoms with Crippen LogP contribution in [0.25, 0.3) is 0 Å². The summed E-state index contributed by atoms with van der Waals surface area (Å²) in [5.74, 6) is 0. The standard InChI is InChI=1S/C22H22S2/c1-22(2,3)17-9-11-19(12-10-17)24-21-15-13-20(14-16-21)23-18-7-5-4-6-8-18/h4-16H,1-3H3. The van der Waals surface area contributed by atoms with Gasteiger partial charge in [0, 0.05) is 19.6 Å². The van der Waals surface area contributed by atoms with Crippen molar-refractivity contribution in [3.63, 3.8) is 0 Å². The van der Waals surface area contributed by atoms with E-state index in [2.05, 4.69) is 99.6 Å². The molecule has 0 aliphatic carbocycles. The Morgan fingerprint density at radius 2 is 0.875 bits per heavy atom. The zero-order valence-corrected chi connectivity index (χ0v) is 16.0. The monoisotopic (exact) mass is 350 g/mol. The predicted molar refractivity (Wildman–Crippen MR) is 106 cm³/mol. The molecule has 0 saturated heterocycles. The maximum Gasteiger partial charge on any atom is 0.0123 e. The van der Waals surface area contributed by atoms with Crippen molar-refractivity contribution in [2.45, 2.75) is 45.8 Å². The topological polar surface area (TPSA) is 0 Å². The third-order valence-electron chi connectivity index (χ3n) is 3.76. The Hall–Kier alpha value is -1.64. The van der Waals surface area contributed by atoms with Crippen LogP contribution in [0.15, 0.2) is 98.4 Å². The number of benzene rings is 3. The summed E-state index contributed by atoms with van der Waals surface area (Å²) in [6.45, 7) is 6.74. The van der Waals surface area contributed by atoms with Crippen molar-refractivity contribution in [3.05, 3.63) is 84.4 Å². The fourth-order valence-corrected chi connectivity index (χ4v) is 4.01. The molecule has 0 bridgehead atoms. The summed E-state index contributed by atoms with van der Waals surface area (Å²) in [6.07, 6.45) is 0. The van der Waals surface area contributed by atoms with E-state index in [1.54, 1.807) is 11.8 Å². The molecule has 0 heterocycles. The third-order valence-corrected chi connectivity index (χ3v) is 5.79. The van der Waals surface area contributed by atoms with Gasteiger partial charge in [-0.25, -0.2) is 0 Å². The fourth-order valence-electron chi connectivity index (χ4n) is 2.36. The highest BCUT2D eigenvalue weighted by Gasteiger charge is 2.12. The van der Waals surface area contributed by atoms with Gasteiger partial charge in [0.25, 0.3) is 0 Å². The van der Waals surface area contributed by atoms with E-state index in [4.69, 9.17) is 0 Å². The lowest BCUT2D eigenvalue weighted by atomic mass is 9.87. The van der Waals surface area contributed by atoms with E-state index < -0.39 is 0 Å². The second kappa shape index (κ2) is 7.50. The largest absolute Gasteiger partial charge is 0.0901 e. The Kier molecular flexibility index (Phi) is 5.37. The van der Waals surface area contributed by atoms with E-state index in [0.717, 1.165) is 0 Å². The van der Waals surface area contributed by atoms with Crippen LogP contribution in [0.4, 0.5) is 0 Å². The molecule has 2 heteroatoms. The predicted octanol–water partition coefficient (Wildman–Crippen LogP) is 7.29. The van der Waals surface area contributed by atoms with Crippen LogP contribution in [-0.2, 0) is 5.41 Å². The quantitative estimate of drug-likeness (QED) is 0.484. The van der Waals surface area contributed by atoms with Crippen LogP contribution in [0.2, 0.25) is 0 Å². The molecule has 0 amide bonds. The maximum atomic E-state index is 2.25. The first-order valence-corrected chi connectivity index (χ1v) is 9.75. The Morgan fingerprint density at radius 1 is 0.500 bits per heavy atom. The molecular weight excluding hydrogens is 328 g/mol. The molecule has 0 spiro atoms. The molecule has 3 rings (SSSR count). The van der Waals surface area contributed by atoms with Gasteiger partial charge < -0.3 is 0 Å². The summed E-state index contributed by atoms with van der Waals surface area (Å²) < 4.78 is 0. The Bertz CT molecular complexity index is 767. The van der Waals surface area contributed by atoms with Gasteiger partial charge in [0.1, 0.15) is 0 Å². The first-order valence-electron chi connectivity index (χ1n) is 8.12. The lowest BCUT2D eigenvalue weighted by molar-refractivity contribution is 0.590. The molecule has 3 aromatic carbocycles. The van der Waals surface area contributed by atoms with Crippen LogP contribution >= 0.6 is 23.5 Å². The molecule has 3 aromatic rings. The Balaban J connectivity index is 1.66. The summed E-state index contributed by atoms with van der Waals surface area (Å²) in [4.78, 5) is 5.10. The molecule has 0 aliphatic heterocycles. The molecule has 0 radical (unpaired) electrons. The van der Waals surface area contributed by atoms with Gasteiger partial charge in [-0.2, -0.15) is 0 Å². The first kappa shape index (κ1) is 17.2. The molecule has 122 valence electrons. The average molecular weight is 351 g/mol. The van der Waals surface area contributed by atoms with E-state index in [-0.39, 0.29) is 5.41 Å². The van der Waals surface area contributed by atoms with Crippen molar-refractivity contribution >= 4 is 23.5 Å². The van der Waals surface area contributed by atoms with E-state index >= 15 is 0 Å². The summed E-state index contributed by atoms with van der Waals surface area (Å²) in [5.41, 5.74) is 1.58. The molecule has 0 atom stereocenters. The molecule has 0 unspecified atom stereocenters. The highest BCUT2D eigenvalue weighted by atomic mass is 32.2. The molecule has 0 aromatic heterocycles. The molecule has 0 nitrogen and oxygen atoms in total. The maximum absolute atomic E-state index is 2.25. The molecule has 0 fully saturated rings. The molecule has 24 heavy (non-hydrogen) atoms. The highest BCUT2D eigenvalue weighted by Crippen LogP contribution is 2.33. The number of hydrogen-bond acceptors (Lipinski definition) is 2. The molecule has 0 aliphatic rings. The van der Waals surface area contributed by atoms with Gasteiger partial charge in [0.15, 0.2) is 0 Å². The minimum atomic E-state index is 0.208. The van der Waals surface area contributed by atoms with Crippen molar-refractivity contribution in [2.24, 2.45) is 0 Å². The van der Waals surface area contributed by atoms with Crippen LogP contribution < -0.4 is 0 Å². The highest BCUT2D eigenvalue weighted by molar-refractivity contribution is 7.99. The Morgan fingerprint density at radius 3 is 1.29 bits per heavy atom. The van der Waals surface area contributed by atoms with E-state index in [1.165, 1.54) is 25.1 Å². The van der Waals surface area contributed by atoms with Gasteiger partial charge in [-0.15, -0.1) is 0 Å². The van der Waals surface area contributed by atoms with Crippen molar-refractivity contribution in [2.75, 3.05) is 0 Å². The van der Waals surface area contributed by atoms with Gasteiger partial charge in [0.05, 0.1) is 0 Å². The van der Waals surface area contributed by atoms with Crippen molar-refractivity contribution in [1.82, 2.24) is 0 Å². The minimum absolute atomic E-state index is 0.208. The number of rotatable bonds is 4. The second-order valence-electron chi connectivity index (χ2n) is 6.76. The van der Waals surface area contributed by atoms with Crippen LogP contribution in [-0.4, -0.2) is 0 Å². The fraction of sp³-hybridized carbons (Fsp3) is 0.182. The third kappa shape index (κ3) is 4.68. The SMILES string of the molecule is CC(C)(C)c1ccc(Sc2ccc(Sc3ccccc3)cc2)cc1. The van der Waals surface area contributed by atoms with Gasteiger partial charge in [-0.05, 0) is 59.5 Å². The molecule has 0 N–H and O–H groups in total. The lowest BCUT2D eigenvalue weighted by Crippen LogP contribution is -2.10.